The van der Waals surface area contributed by atoms with Gasteiger partial charge in [-0.2, -0.15) is 23.4 Å². The number of aliphatic imine (C=N–C) groups is 1. The van der Waals surface area contributed by atoms with Gasteiger partial charge in [0.15, 0.2) is 11.6 Å². The lowest BCUT2D eigenvalue weighted by atomic mass is 9.82. The average molecular weight is 790 g/mol. The Balaban J connectivity index is 1.14. The Labute approximate surface area is 312 Å². The molecular weight excluding hydrogens is 759 g/mol. The number of anilines is 4. The second kappa shape index (κ2) is 13.6. The molecule has 0 fully saturated rings. The van der Waals surface area contributed by atoms with Crippen LogP contribution in [0.4, 0.5) is 23.3 Å². The highest BCUT2D eigenvalue weighted by Gasteiger charge is 2.41. The molecule has 7 rings (SSSR count). The van der Waals surface area contributed by atoms with Crippen LogP contribution >= 0.6 is 10.9 Å². The molecule has 0 radical (unpaired) electrons. The molecule has 0 saturated heterocycles. The summed E-state index contributed by atoms with van der Waals surface area (Å²) >= 11 is 0. The number of hydrogen-bond acceptors (Lipinski definition) is 18. The van der Waals surface area contributed by atoms with E-state index in [0.717, 1.165) is 6.07 Å². The van der Waals surface area contributed by atoms with Crippen LogP contribution in [0, 0.1) is 12.3 Å². The van der Waals surface area contributed by atoms with E-state index in [1.54, 1.807) is 31.2 Å². The van der Waals surface area contributed by atoms with Gasteiger partial charge >= 0.3 is 0 Å². The molecule has 21 heteroatoms. The molecule has 0 amide bonds. The van der Waals surface area contributed by atoms with Crippen molar-refractivity contribution in [2.45, 2.75) is 23.5 Å². The Morgan fingerprint density at radius 1 is 0.818 bits per heavy atom. The highest BCUT2D eigenvalue weighted by Crippen LogP contribution is 2.51. The topological polar surface area (TPSA) is 327 Å². The predicted octanol–water partition coefficient (Wildman–Crippen LogP) is 4.05. The minimum absolute atomic E-state index is 0.00387. The van der Waals surface area contributed by atoms with Crippen molar-refractivity contribution in [2.24, 2.45) is 4.99 Å². The number of aromatic nitrogens is 3. The molecule has 2 aliphatic rings. The van der Waals surface area contributed by atoms with Crippen LogP contribution in [-0.2, 0) is 10.1 Å². The number of fused-ring (bicyclic) bond motifs is 4. The number of nitrogen functional groups attached to an aromatic ring is 1. The first-order valence-corrected chi connectivity index (χ1v) is 19.1. The van der Waals surface area contributed by atoms with Gasteiger partial charge in [0.25, 0.3) is 10.1 Å². The third-order valence-corrected chi connectivity index (χ3v) is 11.1. The van der Waals surface area contributed by atoms with Crippen molar-refractivity contribution in [1.29, 1.82) is 5.41 Å². The molecule has 55 heavy (non-hydrogen) atoms. The van der Waals surface area contributed by atoms with Crippen molar-refractivity contribution in [1.82, 2.24) is 15.0 Å². The summed E-state index contributed by atoms with van der Waals surface area (Å²) in [5, 5.41) is 38.0. The second-order valence-electron chi connectivity index (χ2n) is 12.4. The number of benzene rings is 4. The number of ketones is 2. The molecule has 0 saturated carbocycles. The van der Waals surface area contributed by atoms with Gasteiger partial charge in [-0.15, -0.1) is 0 Å². The van der Waals surface area contributed by atoms with Gasteiger partial charge in [-0.05, 0) is 13.0 Å². The van der Waals surface area contributed by atoms with Crippen LogP contribution in [0.1, 0.15) is 55.2 Å². The number of phenols is 2. The van der Waals surface area contributed by atoms with E-state index in [1.807, 2.05) is 0 Å². The van der Waals surface area contributed by atoms with Gasteiger partial charge in [-0.3, -0.25) is 19.1 Å². The van der Waals surface area contributed by atoms with Crippen LogP contribution in [0.5, 0.6) is 11.5 Å². The highest BCUT2D eigenvalue weighted by molar-refractivity contribution is 8.19. The Kier molecular flexibility index (Phi) is 9.15. The Morgan fingerprint density at radius 2 is 1.38 bits per heavy atom. The first kappa shape index (κ1) is 37.1. The SMILES string of the molecule is Cc1nc(NCN=C2CC(S(=O)(=O)O)C(=N)c3c2c(O)c2ccccc2c3O)nc(NCNc2cc(S(O)(O)O)c(N)c3c2C(=O)c2ccccc2C3=O)n1. The Bertz CT molecular complexity index is 2650. The van der Waals surface area contributed by atoms with E-state index >= 15 is 0 Å². The number of nitrogens with zero attached hydrogens (tertiary/aromatic N) is 4. The van der Waals surface area contributed by atoms with Crippen LogP contribution in [0.2, 0.25) is 0 Å². The number of carbonyl (C=O) groups excluding carboxylic acids is 2. The van der Waals surface area contributed by atoms with E-state index in [9.17, 15) is 46.4 Å². The number of aromatic hydroxyl groups is 2. The highest BCUT2D eigenvalue weighted by atomic mass is 32.3. The number of carbonyl (C=O) groups is 2. The lowest BCUT2D eigenvalue weighted by molar-refractivity contribution is 0.0980. The van der Waals surface area contributed by atoms with Gasteiger partial charge in [0.2, 0.25) is 11.9 Å². The van der Waals surface area contributed by atoms with E-state index in [-0.39, 0.29) is 92.4 Å². The molecule has 1 unspecified atom stereocenters. The largest absolute Gasteiger partial charge is 0.507 e. The standard InChI is InChI=1S/C34H31N9O10S2/c1-14-41-33(39-12-37-19-10-21(54(48,49)50)27(35)25-23(19)29(44)15-6-2-4-8-17(15)31(25)46)43-34(42-14)40-13-38-20-11-22(55(51,52)53)28(36)26-24(20)30(45)16-7-3-5-9-18(16)32(26)47/h2-10,22,36-37,45,47-50H,11-13,35H2,1H3,(H,51,52,53)(H2,39,40,41,42,43). The van der Waals surface area contributed by atoms with Crippen molar-refractivity contribution in [2.75, 3.05) is 35.0 Å². The van der Waals surface area contributed by atoms with Crippen molar-refractivity contribution in [3.8, 4) is 11.5 Å². The van der Waals surface area contributed by atoms with Crippen molar-refractivity contribution in [3.63, 3.8) is 0 Å². The zero-order chi connectivity index (χ0) is 39.6. The van der Waals surface area contributed by atoms with E-state index in [0.29, 0.717) is 0 Å². The summed E-state index contributed by atoms with van der Waals surface area (Å²) in [6.45, 7) is 1.03. The third-order valence-electron chi connectivity index (χ3n) is 9.05. The second-order valence-corrected chi connectivity index (χ2v) is 15.5. The molecule has 19 nitrogen and oxygen atoms in total. The first-order valence-electron chi connectivity index (χ1n) is 16.1. The summed E-state index contributed by atoms with van der Waals surface area (Å²) in [5.41, 5.74) is 4.31. The van der Waals surface area contributed by atoms with Gasteiger partial charge in [0, 0.05) is 34.0 Å². The minimum atomic E-state index is -4.83. The van der Waals surface area contributed by atoms with E-state index < -0.39 is 66.3 Å². The molecule has 1 atom stereocenters. The molecule has 0 aliphatic heterocycles. The first-order chi connectivity index (χ1) is 26.0. The fourth-order valence-electron chi connectivity index (χ4n) is 6.61. The summed E-state index contributed by atoms with van der Waals surface area (Å²) in [4.78, 5) is 43.6. The monoisotopic (exact) mass is 789 g/mol. The maximum Gasteiger partial charge on any atom is 0.273 e. The number of nitrogens with two attached hydrogens (primary N) is 1. The molecule has 0 spiro atoms. The predicted molar refractivity (Wildman–Crippen MR) is 204 cm³/mol. The van der Waals surface area contributed by atoms with E-state index in [1.165, 1.54) is 24.3 Å². The summed E-state index contributed by atoms with van der Waals surface area (Å²) in [6.07, 6.45) is -0.492. The fraction of sp³-hybridized carbons (Fsp3) is 0.147. The van der Waals surface area contributed by atoms with Crippen LogP contribution in [0.15, 0.2) is 64.5 Å². The van der Waals surface area contributed by atoms with Crippen LogP contribution < -0.4 is 21.7 Å². The van der Waals surface area contributed by atoms with Crippen LogP contribution in [0.3, 0.4) is 0 Å². The van der Waals surface area contributed by atoms with Crippen LogP contribution in [0.25, 0.3) is 10.8 Å². The molecule has 1 aromatic heterocycles. The van der Waals surface area contributed by atoms with Gasteiger partial charge in [-0.25, -0.2) is 0 Å². The quantitative estimate of drug-likeness (QED) is 0.0426. The Morgan fingerprint density at radius 3 is 1.98 bits per heavy atom. The summed E-state index contributed by atoms with van der Waals surface area (Å²) in [7, 11) is -9.27. The number of rotatable bonds is 9. The third kappa shape index (κ3) is 6.53. The van der Waals surface area contributed by atoms with Crippen molar-refractivity contribution < 1.29 is 46.4 Å². The van der Waals surface area contributed by atoms with Gasteiger partial charge in [-0.1, -0.05) is 48.5 Å². The number of aryl methyl sites for hydroxylation is 1. The zero-order valence-electron chi connectivity index (χ0n) is 28.4. The lowest BCUT2D eigenvalue weighted by Gasteiger charge is -2.28. The number of nitrogens with one attached hydrogen (secondary N) is 4. The fourth-order valence-corrected chi connectivity index (χ4v) is 8.07. The van der Waals surface area contributed by atoms with Crippen molar-refractivity contribution >= 4 is 78.0 Å². The molecule has 2 aliphatic carbocycles. The normalized spacial score (nSPS) is 16.4. The van der Waals surface area contributed by atoms with Gasteiger partial charge < -0.3 is 51.0 Å². The van der Waals surface area contributed by atoms with Crippen molar-refractivity contribution in [3.05, 3.63) is 93.8 Å². The van der Waals surface area contributed by atoms with E-state index in [2.05, 4.69) is 35.9 Å². The number of hydrogen-bond donors (Lipinski definition) is 11. The summed E-state index contributed by atoms with van der Waals surface area (Å²) in [6, 6.07) is 13.3. The molecule has 1 heterocycles. The maximum absolute atomic E-state index is 13.6. The maximum atomic E-state index is 13.6. The smallest absolute Gasteiger partial charge is 0.273 e. The lowest BCUT2D eigenvalue weighted by Crippen LogP contribution is -2.38. The zero-order valence-corrected chi connectivity index (χ0v) is 30.0. The van der Waals surface area contributed by atoms with Crippen LogP contribution in [-0.4, -0.2) is 93.4 Å². The van der Waals surface area contributed by atoms with Gasteiger partial charge in [0.05, 0.1) is 50.9 Å². The average Bonchev–Trinajstić information content (AvgIpc) is 3.12. The molecule has 5 aromatic rings. The molecular formula is C34H31N9O10S2. The van der Waals surface area contributed by atoms with E-state index in [4.69, 9.17) is 11.1 Å². The molecule has 284 valence electrons. The molecule has 12 N–H and O–H groups in total. The Hall–Kier alpha value is -6.23. The number of phenolic OH excluding ortho intramolecular Hbond substituents is 2. The summed E-state index contributed by atoms with van der Waals surface area (Å²) in [5.74, 6) is -1.81. The minimum Gasteiger partial charge on any atom is -0.507 e. The molecule has 4 aromatic carbocycles. The van der Waals surface area contributed by atoms with Gasteiger partial charge in [0.1, 0.15) is 40.1 Å². The summed E-state index contributed by atoms with van der Waals surface area (Å²) < 4.78 is 64.8. The molecule has 0 bridgehead atoms.